The highest BCUT2D eigenvalue weighted by Gasteiger charge is 2.51. The van der Waals surface area contributed by atoms with Crippen molar-refractivity contribution in [2.24, 2.45) is 28.2 Å². The Morgan fingerprint density at radius 2 is 0.470 bits per heavy atom. The predicted octanol–water partition coefficient (Wildman–Crippen LogP) is 34.5. The fraction of sp³-hybridized carbons (Fsp3) is 0.250. The Morgan fingerprint density at radius 3 is 0.894 bits per heavy atom. The molecule has 16 aromatic carbocycles. The molecule has 4 aliphatic rings. The summed E-state index contributed by atoms with van der Waals surface area (Å²) in [4.78, 5) is 0. The van der Waals surface area contributed by atoms with Gasteiger partial charge in [0.25, 0.3) is 0 Å². The zero-order valence-electron chi connectivity index (χ0n) is 78.6. The minimum Gasteiger partial charge on any atom is -0.344 e. The summed E-state index contributed by atoms with van der Waals surface area (Å²) in [6.45, 7) is 9.27. The van der Waals surface area contributed by atoms with Gasteiger partial charge < -0.3 is 18.3 Å². The van der Waals surface area contributed by atoms with Gasteiger partial charge in [-0.2, -0.15) is 0 Å². The maximum Gasteiger partial charge on any atom is 0.0720 e. The molecule has 0 amide bonds. The van der Waals surface area contributed by atoms with Crippen LogP contribution in [0.3, 0.4) is 0 Å². The number of hydrogen-bond donors (Lipinski definition) is 0. The fourth-order valence-corrected chi connectivity index (χ4v) is 25.3. The molecule has 20 aromatic rings. The highest BCUT2D eigenvalue weighted by Crippen LogP contribution is 2.63. The average Bonchev–Trinajstić information content (AvgIpc) is 1.59. The van der Waals surface area contributed by atoms with Gasteiger partial charge in [-0.25, -0.2) is 0 Å². The predicted molar refractivity (Wildman–Crippen MR) is 564 cm³/mol. The second kappa shape index (κ2) is 36.1. The van der Waals surface area contributed by atoms with E-state index < -0.39 is 0 Å². The van der Waals surface area contributed by atoms with Crippen LogP contribution in [0.4, 0.5) is 0 Å². The summed E-state index contributed by atoms with van der Waals surface area (Å²) >= 11 is 0. The molecule has 4 heteroatoms. The molecule has 656 valence electrons. The van der Waals surface area contributed by atoms with E-state index in [0.29, 0.717) is 0 Å². The second-order valence-electron chi connectivity index (χ2n) is 38.5. The van der Waals surface area contributed by atoms with Crippen molar-refractivity contribution < 1.29 is 0 Å². The number of aromatic nitrogens is 4. The van der Waals surface area contributed by atoms with Crippen molar-refractivity contribution in [2.45, 2.75) is 178 Å². The van der Waals surface area contributed by atoms with Crippen LogP contribution in [0.25, 0.3) is 132 Å². The molecule has 132 heavy (non-hydrogen) atoms. The van der Waals surface area contributed by atoms with E-state index in [-0.39, 0.29) is 21.7 Å². The molecule has 0 fully saturated rings. The summed E-state index contributed by atoms with van der Waals surface area (Å²) in [7, 11) is 8.83. The third-order valence-corrected chi connectivity index (χ3v) is 31.4. The van der Waals surface area contributed by atoms with Crippen LogP contribution in [0.1, 0.15) is 223 Å². The zero-order chi connectivity index (χ0) is 89.7. The summed E-state index contributed by atoms with van der Waals surface area (Å²) in [5.41, 5.74) is 38.5. The first-order valence-corrected chi connectivity index (χ1v) is 49.7. The smallest absolute Gasteiger partial charge is 0.0720 e. The van der Waals surface area contributed by atoms with Crippen LogP contribution in [-0.2, 0) is 49.9 Å². The summed E-state index contributed by atoms with van der Waals surface area (Å²) in [5, 5.41) is 11.0. The van der Waals surface area contributed by atoms with E-state index in [2.05, 4.69) is 438 Å². The Balaban J connectivity index is 0.000000106. The Labute approximate surface area is 781 Å². The van der Waals surface area contributed by atoms with Crippen LogP contribution in [0.15, 0.2) is 364 Å². The molecule has 4 aliphatic carbocycles. The molecule has 0 atom stereocenters. The van der Waals surface area contributed by atoms with E-state index in [4.69, 9.17) is 0 Å². The lowest BCUT2D eigenvalue weighted by molar-refractivity contribution is 0.401. The number of fused-ring (bicyclic) bond motifs is 26. The lowest BCUT2D eigenvalue weighted by Crippen LogP contribution is -2.28. The van der Waals surface area contributed by atoms with E-state index in [1.807, 2.05) is 0 Å². The van der Waals surface area contributed by atoms with Crippen molar-refractivity contribution in [1.29, 1.82) is 0 Å². The minimum absolute atomic E-state index is 0.136. The van der Waals surface area contributed by atoms with Gasteiger partial charge in [0.05, 0.1) is 10.8 Å². The van der Waals surface area contributed by atoms with Crippen molar-refractivity contribution in [3.8, 4) is 44.5 Å². The maximum absolute atomic E-state index is 2.59. The summed E-state index contributed by atoms with van der Waals surface area (Å²) in [6.07, 6.45) is 26.3. The largest absolute Gasteiger partial charge is 0.344 e. The van der Waals surface area contributed by atoms with E-state index in [9.17, 15) is 0 Å². The van der Waals surface area contributed by atoms with Gasteiger partial charge in [-0.05, 0) is 198 Å². The fourth-order valence-electron chi connectivity index (χ4n) is 25.3. The quantitative estimate of drug-likeness (QED) is 0.0537. The summed E-state index contributed by atoms with van der Waals surface area (Å²) in [5.74, 6) is 0. The monoisotopic (exact) mass is 1720 g/mol. The number of hydrogen-bond acceptors (Lipinski definition) is 0. The molecule has 4 heterocycles. The van der Waals surface area contributed by atoms with Crippen LogP contribution in [-0.4, -0.2) is 18.3 Å². The van der Waals surface area contributed by atoms with Crippen molar-refractivity contribution >= 4 is 87.2 Å². The van der Waals surface area contributed by atoms with Gasteiger partial charge in [0.2, 0.25) is 0 Å². The average molecular weight is 1720 g/mol. The molecular formula is C128H124N4. The standard InChI is InChI=1S/2C32H23N.2C32H39N/c1-33-30-19-11-9-17-25(30)27-20-29-26(21-31(27)33)24-16-8-10-18-28(24)32(29,22-12-4-2-5-13-22)23-14-6-3-7-15-23;1-33-28-19-11-9-17-26(28)30-29(33)21-20-25-24-16-8-10-18-27(24)32(31(25)30,22-12-4-2-5-13-22)23-14-6-3-7-15-23;1-4-6-8-14-22-32(23-15-9-7-5-2)27-18-12-10-16-24(27)25-20-21-29-30(31(25)32)26-17-11-13-19-28(26)33(29)3;1-4-6-8-14-20-32(21-15-9-7-5-2)28-18-12-10-16-24(28)26-23-31-27(22-29(26)32)25-17-11-13-19-30(25)33(31)3/h2*2-21H,1H3;10-13,16-21H,4-9,14-15,22-23H2,1-3H3;10-13,16-19,22-23H,4-9,14-15,20-21H2,1-3H3. The van der Waals surface area contributed by atoms with E-state index in [1.54, 1.807) is 22.3 Å². The van der Waals surface area contributed by atoms with E-state index >= 15 is 0 Å². The number of benzene rings is 16. The molecule has 0 unspecified atom stereocenters. The molecule has 24 rings (SSSR count). The number of nitrogens with zero attached hydrogens (tertiary/aromatic N) is 4. The van der Waals surface area contributed by atoms with Crippen molar-refractivity contribution in [1.82, 2.24) is 18.3 Å². The zero-order valence-corrected chi connectivity index (χ0v) is 78.6. The molecule has 0 spiro atoms. The molecule has 0 aliphatic heterocycles. The maximum atomic E-state index is 2.59. The minimum atomic E-state index is -0.377. The van der Waals surface area contributed by atoms with Crippen molar-refractivity contribution in [3.63, 3.8) is 0 Å². The van der Waals surface area contributed by atoms with Crippen molar-refractivity contribution in [2.75, 3.05) is 0 Å². The Hall–Kier alpha value is -13.3. The highest BCUT2D eigenvalue weighted by atomic mass is 15.0. The van der Waals surface area contributed by atoms with Gasteiger partial charge in [0.15, 0.2) is 0 Å². The van der Waals surface area contributed by atoms with Gasteiger partial charge >= 0.3 is 0 Å². The van der Waals surface area contributed by atoms with Crippen molar-refractivity contribution in [3.05, 3.63) is 431 Å². The molecular weight excluding hydrogens is 1590 g/mol. The molecule has 0 saturated carbocycles. The molecule has 0 N–H and O–H groups in total. The van der Waals surface area contributed by atoms with E-state index in [0.717, 1.165) is 0 Å². The van der Waals surface area contributed by atoms with Crippen LogP contribution >= 0.6 is 0 Å². The second-order valence-corrected chi connectivity index (χ2v) is 38.5. The first kappa shape index (κ1) is 85.5. The van der Waals surface area contributed by atoms with Crippen LogP contribution in [0.2, 0.25) is 0 Å². The molecule has 0 radical (unpaired) electrons. The van der Waals surface area contributed by atoms with Crippen LogP contribution < -0.4 is 0 Å². The first-order valence-electron chi connectivity index (χ1n) is 49.7. The SMILES string of the molecule is CCCCCCC1(CCCCCC)c2ccccc2-c2cc3c(cc21)c1ccccc1n3C.CCCCCCC1(CCCCCC)c2ccccc2-c2ccc3c(c21)c1ccccc1n3C.Cn1c2ccccc2c2c3c(ccc21)-c1ccccc1C3(c1ccccc1)c1ccccc1.Cn1c2ccccc2c2cc3c(cc21)-c1ccccc1C3(c1ccccc1)c1ccccc1. The number of para-hydroxylation sites is 4. The Morgan fingerprint density at radius 1 is 0.182 bits per heavy atom. The Kier molecular flexibility index (Phi) is 23.4. The molecule has 4 aromatic heterocycles. The normalized spacial score (nSPS) is 14.0. The lowest BCUT2D eigenvalue weighted by Gasteiger charge is -2.34. The van der Waals surface area contributed by atoms with Crippen LogP contribution in [0, 0.1) is 0 Å². The van der Waals surface area contributed by atoms with Gasteiger partial charge in [-0.15, -0.1) is 0 Å². The lowest BCUT2D eigenvalue weighted by atomic mass is 9.67. The van der Waals surface area contributed by atoms with Crippen LogP contribution in [0.5, 0.6) is 0 Å². The number of aryl methyl sites for hydroxylation is 4. The molecule has 0 saturated heterocycles. The van der Waals surface area contributed by atoms with Gasteiger partial charge in [-0.3, -0.25) is 0 Å². The van der Waals surface area contributed by atoms with E-state index in [1.165, 1.54) is 305 Å². The summed E-state index contributed by atoms with van der Waals surface area (Å²) in [6, 6.07) is 136. The molecule has 4 nitrogen and oxygen atoms in total. The van der Waals surface area contributed by atoms with Gasteiger partial charge in [0.1, 0.15) is 0 Å². The van der Waals surface area contributed by atoms with Gasteiger partial charge in [0, 0.05) is 126 Å². The van der Waals surface area contributed by atoms with Gasteiger partial charge in [-0.1, -0.05) is 434 Å². The number of rotatable bonds is 24. The Bertz CT molecular complexity index is 7530. The number of unbranched alkanes of at least 4 members (excludes halogenated alkanes) is 12. The first-order chi connectivity index (χ1) is 65.0. The third-order valence-electron chi connectivity index (χ3n) is 31.4. The molecule has 0 bridgehead atoms. The third kappa shape index (κ3) is 13.8. The summed E-state index contributed by atoms with van der Waals surface area (Å²) < 4.78 is 9.47. The highest BCUT2D eigenvalue weighted by molar-refractivity contribution is 6.17. The topological polar surface area (TPSA) is 19.7 Å².